The molecule has 2 amide bonds. The van der Waals surface area contributed by atoms with Gasteiger partial charge in [0, 0.05) is 25.6 Å². The van der Waals surface area contributed by atoms with Crippen LogP contribution in [-0.4, -0.2) is 39.7 Å². The average molecular weight is 429 g/mol. The predicted octanol–water partition coefficient (Wildman–Crippen LogP) is 2.99. The van der Waals surface area contributed by atoms with Crippen LogP contribution in [0.4, 0.5) is 4.79 Å². The van der Waals surface area contributed by atoms with E-state index in [1.54, 1.807) is 18.2 Å². The molecule has 1 aromatic carbocycles. The molecule has 8 nitrogen and oxygen atoms in total. The number of carbonyl (C=O) groups is 2. The summed E-state index contributed by atoms with van der Waals surface area (Å²) in [6.07, 6.45) is 5.19. The Morgan fingerprint density at radius 3 is 2.71 bits per heavy atom. The SMILES string of the molecule is CC(C)(C)OC(=O)NC[C@H]1CCCC[C@H]1NC(=O)CCn1cnc2ccccc2c1=O. The molecule has 0 saturated heterocycles. The summed E-state index contributed by atoms with van der Waals surface area (Å²) in [6.45, 7) is 6.22. The van der Waals surface area contributed by atoms with E-state index >= 15 is 0 Å². The van der Waals surface area contributed by atoms with Crippen molar-refractivity contribution in [3.8, 4) is 0 Å². The lowest BCUT2D eigenvalue weighted by Gasteiger charge is -2.32. The van der Waals surface area contributed by atoms with Gasteiger partial charge in [0.1, 0.15) is 5.60 Å². The molecule has 2 N–H and O–H groups in total. The third kappa shape index (κ3) is 6.54. The standard InChI is InChI=1S/C23H32N4O4/c1-23(2,3)31-22(30)24-14-16-8-4-6-10-18(16)26-20(28)12-13-27-15-25-19-11-7-5-9-17(19)21(27)29/h5,7,9,11,15-16,18H,4,6,8,10,12-14H2,1-3H3,(H,24,30)(H,26,28)/t16-,18-/m1/s1. The maximum atomic E-state index is 12.6. The average Bonchev–Trinajstić information content (AvgIpc) is 2.71. The molecule has 0 spiro atoms. The van der Waals surface area contributed by atoms with Crippen LogP contribution in [0.5, 0.6) is 0 Å². The Labute approximate surface area is 182 Å². The van der Waals surface area contributed by atoms with Crippen LogP contribution < -0.4 is 16.2 Å². The van der Waals surface area contributed by atoms with Crippen LogP contribution in [0.25, 0.3) is 10.9 Å². The van der Waals surface area contributed by atoms with Crippen LogP contribution in [-0.2, 0) is 16.1 Å². The van der Waals surface area contributed by atoms with Crippen molar-refractivity contribution in [3.63, 3.8) is 0 Å². The van der Waals surface area contributed by atoms with Gasteiger partial charge < -0.3 is 15.4 Å². The molecule has 1 fully saturated rings. The summed E-state index contributed by atoms with van der Waals surface area (Å²) in [6, 6.07) is 7.18. The van der Waals surface area contributed by atoms with Crippen LogP contribution in [0, 0.1) is 5.92 Å². The van der Waals surface area contributed by atoms with Gasteiger partial charge in [-0.1, -0.05) is 25.0 Å². The summed E-state index contributed by atoms with van der Waals surface area (Å²) in [5, 5.41) is 6.48. The van der Waals surface area contributed by atoms with Crippen molar-refractivity contribution in [2.45, 2.75) is 71.1 Å². The Balaban J connectivity index is 1.53. The topological polar surface area (TPSA) is 102 Å². The lowest BCUT2D eigenvalue weighted by molar-refractivity contribution is -0.122. The smallest absolute Gasteiger partial charge is 0.407 e. The number of para-hydroxylation sites is 1. The Morgan fingerprint density at radius 1 is 1.19 bits per heavy atom. The molecule has 0 radical (unpaired) electrons. The first-order chi connectivity index (χ1) is 14.7. The molecule has 1 aromatic heterocycles. The van der Waals surface area contributed by atoms with Gasteiger partial charge in [-0.2, -0.15) is 0 Å². The summed E-state index contributed by atoms with van der Waals surface area (Å²) in [4.78, 5) is 41.4. The lowest BCUT2D eigenvalue weighted by atomic mass is 9.84. The van der Waals surface area contributed by atoms with E-state index in [1.807, 2.05) is 26.8 Å². The highest BCUT2D eigenvalue weighted by Gasteiger charge is 2.27. The number of rotatable bonds is 6. The minimum Gasteiger partial charge on any atom is -0.444 e. The van der Waals surface area contributed by atoms with Crippen molar-refractivity contribution in [1.29, 1.82) is 0 Å². The molecule has 31 heavy (non-hydrogen) atoms. The van der Waals surface area contributed by atoms with Crippen LogP contribution >= 0.6 is 0 Å². The number of ether oxygens (including phenoxy) is 1. The zero-order chi connectivity index (χ0) is 22.4. The predicted molar refractivity (Wildman–Crippen MR) is 119 cm³/mol. The van der Waals surface area contributed by atoms with Gasteiger partial charge in [0.2, 0.25) is 5.91 Å². The van der Waals surface area contributed by atoms with E-state index in [2.05, 4.69) is 15.6 Å². The van der Waals surface area contributed by atoms with Gasteiger partial charge >= 0.3 is 6.09 Å². The van der Waals surface area contributed by atoms with Crippen molar-refractivity contribution >= 4 is 22.9 Å². The lowest BCUT2D eigenvalue weighted by Crippen LogP contribution is -2.47. The quantitative estimate of drug-likeness (QED) is 0.736. The Morgan fingerprint density at radius 2 is 1.94 bits per heavy atom. The number of aryl methyl sites for hydroxylation is 1. The Bertz CT molecular complexity index is 979. The third-order valence-corrected chi connectivity index (χ3v) is 5.47. The van der Waals surface area contributed by atoms with E-state index < -0.39 is 11.7 Å². The van der Waals surface area contributed by atoms with E-state index in [9.17, 15) is 14.4 Å². The van der Waals surface area contributed by atoms with Gasteiger partial charge in [-0.15, -0.1) is 0 Å². The summed E-state index contributed by atoms with van der Waals surface area (Å²) < 4.78 is 6.78. The largest absolute Gasteiger partial charge is 0.444 e. The fraction of sp³-hybridized carbons (Fsp3) is 0.565. The zero-order valence-electron chi connectivity index (χ0n) is 18.5. The highest BCUT2D eigenvalue weighted by Crippen LogP contribution is 2.24. The number of hydrogen-bond acceptors (Lipinski definition) is 5. The van der Waals surface area contributed by atoms with Crippen molar-refractivity contribution < 1.29 is 14.3 Å². The fourth-order valence-electron chi connectivity index (χ4n) is 3.94. The molecular formula is C23H32N4O4. The van der Waals surface area contributed by atoms with E-state index in [1.165, 1.54) is 10.9 Å². The highest BCUT2D eigenvalue weighted by atomic mass is 16.6. The maximum absolute atomic E-state index is 12.6. The molecular weight excluding hydrogens is 396 g/mol. The first-order valence-corrected chi connectivity index (χ1v) is 10.9. The second-order valence-electron chi connectivity index (χ2n) is 9.11. The number of nitrogens with zero attached hydrogens (tertiary/aromatic N) is 2. The number of amides is 2. The van der Waals surface area contributed by atoms with Gasteiger partial charge in [0.25, 0.3) is 5.56 Å². The summed E-state index contributed by atoms with van der Waals surface area (Å²) in [5.41, 5.74) is -0.0359. The van der Waals surface area contributed by atoms with Crippen LogP contribution in [0.1, 0.15) is 52.9 Å². The number of nitrogens with one attached hydrogen (secondary N) is 2. The molecule has 0 bridgehead atoms. The molecule has 168 valence electrons. The molecule has 8 heteroatoms. The molecule has 1 heterocycles. The van der Waals surface area contributed by atoms with Crippen molar-refractivity contribution in [2.75, 3.05) is 6.54 Å². The van der Waals surface area contributed by atoms with Crippen LogP contribution in [0.3, 0.4) is 0 Å². The molecule has 1 aliphatic carbocycles. The molecule has 2 atom stereocenters. The fourth-order valence-corrected chi connectivity index (χ4v) is 3.94. The number of fused-ring (bicyclic) bond motifs is 1. The van der Waals surface area contributed by atoms with Crippen molar-refractivity contribution in [3.05, 3.63) is 40.9 Å². The first kappa shape index (κ1) is 22.8. The number of carbonyl (C=O) groups excluding carboxylic acids is 2. The zero-order valence-corrected chi connectivity index (χ0v) is 18.5. The van der Waals surface area contributed by atoms with Gasteiger partial charge in [0.05, 0.1) is 17.2 Å². The molecule has 3 rings (SSSR count). The summed E-state index contributed by atoms with van der Waals surface area (Å²) in [5.74, 6) is 0.0597. The molecule has 1 saturated carbocycles. The van der Waals surface area contributed by atoms with E-state index in [-0.39, 0.29) is 36.4 Å². The number of hydrogen-bond donors (Lipinski definition) is 2. The number of alkyl carbamates (subject to hydrolysis) is 1. The molecule has 1 aliphatic rings. The van der Waals surface area contributed by atoms with E-state index in [0.29, 0.717) is 17.4 Å². The monoisotopic (exact) mass is 428 g/mol. The van der Waals surface area contributed by atoms with Crippen LogP contribution in [0.2, 0.25) is 0 Å². The van der Waals surface area contributed by atoms with Crippen LogP contribution in [0.15, 0.2) is 35.4 Å². The first-order valence-electron chi connectivity index (χ1n) is 10.9. The van der Waals surface area contributed by atoms with E-state index in [0.717, 1.165) is 25.7 Å². The highest BCUT2D eigenvalue weighted by molar-refractivity contribution is 5.77. The molecule has 0 aliphatic heterocycles. The minimum absolute atomic E-state index is 0.00244. The summed E-state index contributed by atoms with van der Waals surface area (Å²) in [7, 11) is 0. The van der Waals surface area contributed by atoms with Gasteiger partial charge in [-0.25, -0.2) is 9.78 Å². The number of benzene rings is 1. The normalized spacial score (nSPS) is 19.1. The van der Waals surface area contributed by atoms with Crippen molar-refractivity contribution in [1.82, 2.24) is 20.2 Å². The minimum atomic E-state index is -0.542. The second kappa shape index (κ2) is 9.94. The Hall–Kier alpha value is -2.90. The molecule has 2 aromatic rings. The summed E-state index contributed by atoms with van der Waals surface area (Å²) >= 11 is 0. The molecule has 0 unspecified atom stereocenters. The number of aromatic nitrogens is 2. The second-order valence-corrected chi connectivity index (χ2v) is 9.11. The van der Waals surface area contributed by atoms with Gasteiger partial charge in [-0.3, -0.25) is 14.2 Å². The van der Waals surface area contributed by atoms with Gasteiger partial charge in [0.15, 0.2) is 0 Å². The van der Waals surface area contributed by atoms with Gasteiger partial charge in [-0.05, 0) is 51.7 Å². The van der Waals surface area contributed by atoms with Crippen molar-refractivity contribution in [2.24, 2.45) is 5.92 Å². The third-order valence-electron chi connectivity index (χ3n) is 5.47. The Kier molecular flexibility index (Phi) is 7.30. The van der Waals surface area contributed by atoms with E-state index in [4.69, 9.17) is 4.74 Å². The maximum Gasteiger partial charge on any atom is 0.407 e.